The van der Waals surface area contributed by atoms with E-state index < -0.39 is 0 Å². The van der Waals surface area contributed by atoms with E-state index in [2.05, 4.69) is 15.3 Å². The van der Waals surface area contributed by atoms with Gasteiger partial charge in [-0.2, -0.15) is 0 Å². The number of aryl methyl sites for hydroxylation is 2. The van der Waals surface area contributed by atoms with Gasteiger partial charge in [0.15, 0.2) is 5.13 Å². The monoisotopic (exact) mass is 209 g/mol. The summed E-state index contributed by atoms with van der Waals surface area (Å²) < 4.78 is 5.32. The molecule has 0 aliphatic heterocycles. The van der Waals surface area contributed by atoms with Crippen molar-refractivity contribution in [3.63, 3.8) is 0 Å². The van der Waals surface area contributed by atoms with E-state index in [4.69, 9.17) is 4.42 Å². The second-order valence-corrected chi connectivity index (χ2v) is 3.87. The molecule has 0 aliphatic rings. The number of thiazole rings is 1. The minimum atomic E-state index is 0.584. The van der Waals surface area contributed by atoms with Gasteiger partial charge in [0.2, 0.25) is 5.89 Å². The zero-order valence-electron chi connectivity index (χ0n) is 8.07. The average Bonchev–Trinajstić information content (AvgIpc) is 2.72. The van der Waals surface area contributed by atoms with Crippen molar-refractivity contribution in [1.29, 1.82) is 0 Å². The maximum atomic E-state index is 5.32. The van der Waals surface area contributed by atoms with E-state index in [0.29, 0.717) is 12.4 Å². The Morgan fingerprint density at radius 2 is 2.36 bits per heavy atom. The molecule has 0 bridgehead atoms. The van der Waals surface area contributed by atoms with E-state index in [1.165, 1.54) is 0 Å². The molecule has 0 unspecified atom stereocenters. The van der Waals surface area contributed by atoms with Crippen LogP contribution < -0.4 is 5.32 Å². The van der Waals surface area contributed by atoms with Crippen LogP contribution in [-0.2, 0) is 6.54 Å². The first-order chi connectivity index (χ1) is 6.74. The van der Waals surface area contributed by atoms with Crippen molar-refractivity contribution in [2.24, 2.45) is 0 Å². The molecule has 0 saturated carbocycles. The summed E-state index contributed by atoms with van der Waals surface area (Å²) in [6.07, 6.45) is 1.71. The van der Waals surface area contributed by atoms with Crippen LogP contribution in [0.5, 0.6) is 0 Å². The van der Waals surface area contributed by atoms with Crippen molar-refractivity contribution in [2.45, 2.75) is 20.4 Å². The van der Waals surface area contributed by atoms with Gasteiger partial charge >= 0.3 is 0 Å². The summed E-state index contributed by atoms with van der Waals surface area (Å²) >= 11 is 1.58. The molecule has 0 spiro atoms. The van der Waals surface area contributed by atoms with E-state index in [1.54, 1.807) is 17.5 Å². The lowest BCUT2D eigenvalue weighted by Gasteiger charge is -1.96. The molecule has 74 valence electrons. The molecule has 0 atom stereocenters. The first-order valence-corrected chi connectivity index (χ1v) is 5.19. The topological polar surface area (TPSA) is 51.0 Å². The minimum absolute atomic E-state index is 0.584. The summed E-state index contributed by atoms with van der Waals surface area (Å²) in [7, 11) is 0. The molecule has 0 radical (unpaired) electrons. The first kappa shape index (κ1) is 9.21. The van der Waals surface area contributed by atoms with Crippen LogP contribution in [-0.4, -0.2) is 9.97 Å². The van der Waals surface area contributed by atoms with Gasteiger partial charge in [0, 0.05) is 5.38 Å². The third-order valence-electron chi connectivity index (χ3n) is 1.68. The average molecular weight is 209 g/mol. The zero-order valence-corrected chi connectivity index (χ0v) is 8.89. The molecular weight excluding hydrogens is 198 g/mol. The number of rotatable bonds is 3. The fourth-order valence-electron chi connectivity index (χ4n) is 1.07. The normalized spacial score (nSPS) is 10.4. The number of aromatic nitrogens is 2. The van der Waals surface area contributed by atoms with E-state index in [-0.39, 0.29) is 0 Å². The molecule has 0 aliphatic carbocycles. The smallest absolute Gasteiger partial charge is 0.213 e. The summed E-state index contributed by atoms with van der Waals surface area (Å²) in [5, 5.41) is 6.05. The van der Waals surface area contributed by atoms with Gasteiger partial charge in [-0.15, -0.1) is 11.3 Å². The van der Waals surface area contributed by atoms with Crippen molar-refractivity contribution in [2.75, 3.05) is 5.32 Å². The van der Waals surface area contributed by atoms with Gasteiger partial charge < -0.3 is 9.73 Å². The van der Waals surface area contributed by atoms with E-state index in [9.17, 15) is 0 Å². The number of nitrogens with one attached hydrogen (secondary N) is 1. The van der Waals surface area contributed by atoms with Crippen LogP contribution in [0.15, 0.2) is 16.0 Å². The van der Waals surface area contributed by atoms with Crippen LogP contribution in [0.1, 0.15) is 17.3 Å². The van der Waals surface area contributed by atoms with Crippen LogP contribution in [0.2, 0.25) is 0 Å². The maximum absolute atomic E-state index is 5.32. The maximum Gasteiger partial charge on any atom is 0.213 e. The van der Waals surface area contributed by atoms with Gasteiger partial charge in [0.05, 0.1) is 18.4 Å². The molecule has 2 rings (SSSR count). The van der Waals surface area contributed by atoms with Gasteiger partial charge in [-0.25, -0.2) is 9.97 Å². The number of hydrogen-bond donors (Lipinski definition) is 1. The van der Waals surface area contributed by atoms with E-state index in [0.717, 1.165) is 16.6 Å². The standard InChI is InChI=1S/C9H11N3OS/c1-6-5-14-9(12-6)11-4-8-10-3-7(2)13-8/h3,5H,4H2,1-2H3,(H,11,12). The second-order valence-electron chi connectivity index (χ2n) is 3.01. The molecule has 2 aromatic heterocycles. The van der Waals surface area contributed by atoms with Crippen LogP contribution in [0.3, 0.4) is 0 Å². The first-order valence-electron chi connectivity index (χ1n) is 4.31. The quantitative estimate of drug-likeness (QED) is 0.843. The van der Waals surface area contributed by atoms with Crippen LogP contribution in [0.4, 0.5) is 5.13 Å². The lowest BCUT2D eigenvalue weighted by atomic mass is 10.6. The third-order valence-corrected chi connectivity index (χ3v) is 2.60. The number of oxazole rings is 1. The van der Waals surface area contributed by atoms with Crippen molar-refractivity contribution in [3.8, 4) is 0 Å². The fourth-order valence-corrected chi connectivity index (χ4v) is 1.76. The van der Waals surface area contributed by atoms with Crippen LogP contribution >= 0.6 is 11.3 Å². The summed E-state index contributed by atoms with van der Waals surface area (Å²) in [6.45, 7) is 4.43. The Hall–Kier alpha value is -1.36. The highest BCUT2D eigenvalue weighted by Gasteiger charge is 2.01. The molecule has 0 amide bonds. The van der Waals surface area contributed by atoms with Gasteiger partial charge in [0.25, 0.3) is 0 Å². The molecular formula is C9H11N3OS. The molecule has 4 nitrogen and oxygen atoms in total. The van der Waals surface area contributed by atoms with Gasteiger partial charge in [-0.1, -0.05) is 0 Å². The van der Waals surface area contributed by atoms with Crippen molar-refractivity contribution >= 4 is 16.5 Å². The van der Waals surface area contributed by atoms with Crippen LogP contribution in [0, 0.1) is 13.8 Å². The van der Waals surface area contributed by atoms with Gasteiger partial charge in [0.1, 0.15) is 5.76 Å². The molecule has 5 heteroatoms. The lowest BCUT2D eigenvalue weighted by molar-refractivity contribution is 0.479. The molecule has 0 aromatic carbocycles. The van der Waals surface area contributed by atoms with E-state index >= 15 is 0 Å². The predicted molar refractivity (Wildman–Crippen MR) is 55.4 cm³/mol. The largest absolute Gasteiger partial charge is 0.444 e. The minimum Gasteiger partial charge on any atom is -0.444 e. The molecule has 1 N–H and O–H groups in total. The van der Waals surface area contributed by atoms with Gasteiger partial charge in [-0.05, 0) is 13.8 Å². The Morgan fingerprint density at radius 1 is 1.50 bits per heavy atom. The van der Waals surface area contributed by atoms with Crippen LogP contribution in [0.25, 0.3) is 0 Å². The van der Waals surface area contributed by atoms with Crippen molar-refractivity contribution in [1.82, 2.24) is 9.97 Å². The Labute approximate surface area is 86.0 Å². The fraction of sp³-hybridized carbons (Fsp3) is 0.333. The summed E-state index contributed by atoms with van der Waals surface area (Å²) in [6, 6.07) is 0. The lowest BCUT2D eigenvalue weighted by Crippen LogP contribution is -1.98. The highest BCUT2D eigenvalue weighted by molar-refractivity contribution is 7.13. The Bertz CT molecular complexity index is 381. The predicted octanol–water partition coefficient (Wildman–Crippen LogP) is 2.36. The Morgan fingerprint density at radius 3 is 2.93 bits per heavy atom. The highest BCUT2D eigenvalue weighted by atomic mass is 32.1. The molecule has 2 heterocycles. The molecule has 0 saturated heterocycles. The zero-order chi connectivity index (χ0) is 9.97. The van der Waals surface area contributed by atoms with Crippen molar-refractivity contribution < 1.29 is 4.42 Å². The summed E-state index contributed by atoms with van der Waals surface area (Å²) in [5.74, 6) is 1.52. The third kappa shape index (κ3) is 2.11. The van der Waals surface area contributed by atoms with E-state index in [1.807, 2.05) is 19.2 Å². The second kappa shape index (κ2) is 3.79. The van der Waals surface area contributed by atoms with Crippen molar-refractivity contribution in [3.05, 3.63) is 28.9 Å². The molecule has 0 fully saturated rings. The number of hydrogen-bond acceptors (Lipinski definition) is 5. The Balaban J connectivity index is 1.94. The number of nitrogens with zero attached hydrogens (tertiary/aromatic N) is 2. The SMILES string of the molecule is Cc1csc(NCc2ncc(C)o2)n1. The highest BCUT2D eigenvalue weighted by Crippen LogP contribution is 2.15. The molecule has 14 heavy (non-hydrogen) atoms. The van der Waals surface area contributed by atoms with Gasteiger partial charge in [-0.3, -0.25) is 0 Å². The summed E-state index contributed by atoms with van der Waals surface area (Å²) in [5.41, 5.74) is 1.03. The molecule has 2 aromatic rings. The Kier molecular flexibility index (Phi) is 2.49. The summed E-state index contributed by atoms with van der Waals surface area (Å²) in [4.78, 5) is 8.36. The number of anilines is 1.